The van der Waals surface area contributed by atoms with Crippen molar-refractivity contribution >= 4 is 19.3 Å². The standard InChI is InChI=1S/C25H29BN2O4/c1-18-11-12-20(21(13-18)15-27)14-22(26-31-24(2,3)25(4,5)32-26)16-28-23(29)30-17-19-9-7-6-8-10-19/h6-14H,16-17H2,1-5H3,(H,28,29). The number of nitrogens with one attached hydrogen (secondary N) is 1. The minimum atomic E-state index is -0.665. The molecular weight excluding hydrogens is 403 g/mol. The molecule has 0 radical (unpaired) electrons. The number of carbonyl (C=O) groups excluding carboxylic acids is 1. The second-order valence-corrected chi connectivity index (χ2v) is 8.93. The number of alkyl carbamates (subject to hydrolysis) is 1. The molecule has 0 aliphatic carbocycles. The van der Waals surface area contributed by atoms with Gasteiger partial charge in [-0.25, -0.2) is 4.79 Å². The fourth-order valence-electron chi connectivity index (χ4n) is 3.24. The second-order valence-electron chi connectivity index (χ2n) is 8.93. The fraction of sp³-hybridized carbons (Fsp3) is 0.360. The number of nitriles is 1. The van der Waals surface area contributed by atoms with Crippen LogP contribution < -0.4 is 5.32 Å². The van der Waals surface area contributed by atoms with Gasteiger partial charge in [0.05, 0.1) is 22.8 Å². The first kappa shape index (κ1) is 23.6. The Bertz CT molecular complexity index is 1030. The molecule has 0 bridgehead atoms. The largest absolute Gasteiger partial charge is 0.492 e. The molecule has 2 aromatic rings. The Morgan fingerprint density at radius 3 is 2.41 bits per heavy atom. The zero-order chi connectivity index (χ0) is 23.4. The summed E-state index contributed by atoms with van der Waals surface area (Å²) in [5.74, 6) is 0. The highest BCUT2D eigenvalue weighted by Gasteiger charge is 2.52. The molecule has 7 heteroatoms. The normalized spacial score (nSPS) is 17.0. The topological polar surface area (TPSA) is 80.6 Å². The Hall–Kier alpha value is -3.08. The van der Waals surface area contributed by atoms with Gasteiger partial charge in [0.1, 0.15) is 6.61 Å². The maximum Gasteiger partial charge on any atom is 0.492 e. The van der Waals surface area contributed by atoms with Crippen LogP contribution in [0.15, 0.2) is 54.0 Å². The molecule has 1 aliphatic heterocycles. The van der Waals surface area contributed by atoms with Crippen LogP contribution in [0.1, 0.15) is 49.9 Å². The van der Waals surface area contributed by atoms with E-state index in [0.29, 0.717) is 11.0 Å². The van der Waals surface area contributed by atoms with Crippen LogP contribution in [-0.4, -0.2) is 31.0 Å². The van der Waals surface area contributed by atoms with E-state index >= 15 is 0 Å². The lowest BCUT2D eigenvalue weighted by atomic mass is 9.76. The van der Waals surface area contributed by atoms with Gasteiger partial charge >= 0.3 is 13.2 Å². The van der Waals surface area contributed by atoms with E-state index in [1.807, 2.05) is 89.2 Å². The Kier molecular flexibility index (Phi) is 7.07. The number of aryl methyl sites for hydroxylation is 1. The highest BCUT2D eigenvalue weighted by Crippen LogP contribution is 2.38. The van der Waals surface area contributed by atoms with Crippen molar-refractivity contribution in [2.75, 3.05) is 6.54 Å². The minimum Gasteiger partial charge on any atom is -0.445 e. The lowest BCUT2D eigenvalue weighted by Gasteiger charge is -2.32. The molecule has 1 saturated heterocycles. The van der Waals surface area contributed by atoms with Gasteiger partial charge in [-0.05, 0) is 62.8 Å². The number of amides is 1. The molecule has 6 nitrogen and oxygen atoms in total. The Balaban J connectivity index is 1.78. The Morgan fingerprint density at radius 2 is 1.78 bits per heavy atom. The number of rotatable bonds is 6. The van der Waals surface area contributed by atoms with Gasteiger partial charge in [0, 0.05) is 6.54 Å². The molecule has 0 atom stereocenters. The summed E-state index contributed by atoms with van der Waals surface area (Å²) in [7, 11) is -0.665. The smallest absolute Gasteiger partial charge is 0.445 e. The number of hydrogen-bond donors (Lipinski definition) is 1. The first-order chi connectivity index (χ1) is 15.1. The third-order valence-corrected chi connectivity index (χ3v) is 5.88. The quantitative estimate of drug-likeness (QED) is 0.663. The number of benzene rings is 2. The summed E-state index contributed by atoms with van der Waals surface area (Å²) in [5.41, 5.74) is 2.82. The third-order valence-electron chi connectivity index (χ3n) is 5.88. The van der Waals surface area contributed by atoms with E-state index in [1.165, 1.54) is 0 Å². The zero-order valence-corrected chi connectivity index (χ0v) is 19.3. The zero-order valence-electron chi connectivity index (χ0n) is 19.3. The Morgan fingerprint density at radius 1 is 1.12 bits per heavy atom. The van der Waals surface area contributed by atoms with Gasteiger partial charge in [0.15, 0.2) is 0 Å². The molecule has 0 saturated carbocycles. The van der Waals surface area contributed by atoms with Crippen molar-refractivity contribution in [1.82, 2.24) is 5.32 Å². The third kappa shape index (κ3) is 5.58. The highest BCUT2D eigenvalue weighted by atomic mass is 16.7. The molecule has 3 rings (SSSR count). The molecule has 1 heterocycles. The van der Waals surface area contributed by atoms with Crippen LogP contribution in [0.3, 0.4) is 0 Å². The summed E-state index contributed by atoms with van der Waals surface area (Å²) in [6.45, 7) is 10.2. The fourth-order valence-corrected chi connectivity index (χ4v) is 3.24. The monoisotopic (exact) mass is 432 g/mol. The van der Waals surface area contributed by atoms with Crippen molar-refractivity contribution in [3.05, 3.63) is 76.3 Å². The molecule has 1 aliphatic rings. The first-order valence-electron chi connectivity index (χ1n) is 10.6. The van der Waals surface area contributed by atoms with E-state index in [4.69, 9.17) is 14.0 Å². The van der Waals surface area contributed by atoms with Crippen molar-refractivity contribution in [3.63, 3.8) is 0 Å². The van der Waals surface area contributed by atoms with Crippen LogP contribution in [-0.2, 0) is 20.7 Å². The van der Waals surface area contributed by atoms with Crippen molar-refractivity contribution in [1.29, 1.82) is 5.26 Å². The van der Waals surface area contributed by atoms with Gasteiger partial charge in [0.2, 0.25) is 0 Å². The predicted molar refractivity (Wildman–Crippen MR) is 125 cm³/mol. The van der Waals surface area contributed by atoms with Crippen molar-refractivity contribution < 1.29 is 18.8 Å². The van der Waals surface area contributed by atoms with E-state index in [2.05, 4.69) is 11.4 Å². The molecule has 0 unspecified atom stereocenters. The number of ether oxygens (including phenoxy) is 1. The summed E-state index contributed by atoms with van der Waals surface area (Å²) in [4.78, 5) is 12.3. The lowest BCUT2D eigenvalue weighted by Crippen LogP contribution is -2.41. The van der Waals surface area contributed by atoms with Gasteiger partial charge in [-0.1, -0.05) is 48.5 Å². The summed E-state index contributed by atoms with van der Waals surface area (Å²) < 4.78 is 17.7. The Labute approximate surface area is 190 Å². The molecule has 2 aromatic carbocycles. The molecule has 1 fully saturated rings. The van der Waals surface area contributed by atoms with Crippen molar-refractivity contribution in [3.8, 4) is 6.07 Å². The lowest BCUT2D eigenvalue weighted by molar-refractivity contribution is 0.00578. The maximum absolute atomic E-state index is 12.3. The number of carbonyl (C=O) groups is 1. The van der Waals surface area contributed by atoms with Gasteiger partial charge in [0.25, 0.3) is 0 Å². The van der Waals surface area contributed by atoms with Crippen LogP contribution in [0.5, 0.6) is 0 Å². The van der Waals surface area contributed by atoms with E-state index in [9.17, 15) is 10.1 Å². The number of nitrogens with zero attached hydrogens (tertiary/aromatic N) is 1. The van der Waals surface area contributed by atoms with Gasteiger partial charge in [-0.15, -0.1) is 0 Å². The average Bonchev–Trinajstić information content (AvgIpc) is 2.97. The summed E-state index contributed by atoms with van der Waals surface area (Å²) in [6.07, 6.45) is 1.30. The van der Waals surface area contributed by atoms with Gasteiger partial charge in [-0.2, -0.15) is 5.26 Å². The van der Waals surface area contributed by atoms with Crippen LogP contribution in [0.2, 0.25) is 0 Å². The van der Waals surface area contributed by atoms with Crippen LogP contribution in [0.25, 0.3) is 6.08 Å². The second kappa shape index (κ2) is 9.60. The molecule has 1 N–H and O–H groups in total. The van der Waals surface area contributed by atoms with E-state index in [1.54, 1.807) is 0 Å². The predicted octanol–water partition coefficient (Wildman–Crippen LogP) is 4.81. The van der Waals surface area contributed by atoms with Crippen LogP contribution in [0, 0.1) is 18.3 Å². The summed E-state index contributed by atoms with van der Waals surface area (Å²) >= 11 is 0. The maximum atomic E-state index is 12.3. The highest BCUT2D eigenvalue weighted by molar-refractivity contribution is 6.56. The molecule has 0 aromatic heterocycles. The first-order valence-corrected chi connectivity index (χ1v) is 10.6. The molecule has 166 valence electrons. The molecule has 0 spiro atoms. The summed E-state index contributed by atoms with van der Waals surface area (Å²) in [5, 5.41) is 12.3. The van der Waals surface area contributed by atoms with E-state index in [0.717, 1.165) is 16.7 Å². The molecule has 32 heavy (non-hydrogen) atoms. The van der Waals surface area contributed by atoms with E-state index in [-0.39, 0.29) is 13.2 Å². The van der Waals surface area contributed by atoms with Crippen molar-refractivity contribution in [2.24, 2.45) is 0 Å². The number of hydrogen-bond acceptors (Lipinski definition) is 5. The van der Waals surface area contributed by atoms with Gasteiger partial charge < -0.3 is 19.4 Å². The minimum absolute atomic E-state index is 0.156. The van der Waals surface area contributed by atoms with Crippen LogP contribution >= 0.6 is 0 Å². The van der Waals surface area contributed by atoms with Crippen molar-refractivity contribution in [2.45, 2.75) is 52.4 Å². The summed E-state index contributed by atoms with van der Waals surface area (Å²) in [6, 6.07) is 17.4. The average molecular weight is 432 g/mol. The molecular formula is C25H29BN2O4. The van der Waals surface area contributed by atoms with Gasteiger partial charge in [-0.3, -0.25) is 0 Å². The van der Waals surface area contributed by atoms with E-state index < -0.39 is 24.4 Å². The SMILES string of the molecule is Cc1ccc(C=C(CNC(=O)OCc2ccccc2)B2OC(C)(C)C(C)(C)O2)c(C#N)c1. The van der Waals surface area contributed by atoms with Crippen LogP contribution in [0.4, 0.5) is 4.79 Å². The molecule has 1 amide bonds.